The normalized spacial score (nSPS) is 11.5. The lowest BCUT2D eigenvalue weighted by Crippen LogP contribution is -2.10. The highest BCUT2D eigenvalue weighted by Gasteiger charge is 2.21. The van der Waals surface area contributed by atoms with Gasteiger partial charge in [0.1, 0.15) is 0 Å². The van der Waals surface area contributed by atoms with Crippen LogP contribution in [0, 0.1) is 0 Å². The van der Waals surface area contributed by atoms with E-state index in [1.165, 1.54) is 64.2 Å². The SMILES string of the molecule is c1ccc(-c2cc3c4cccc(N(c5ccccc5)c5cccc6ccccc56)c4sc3c3ccccc23)cc1. The molecule has 0 atom stereocenters. The van der Waals surface area contributed by atoms with Crippen LogP contribution in [0.25, 0.3) is 52.8 Å². The van der Waals surface area contributed by atoms with Crippen molar-refractivity contribution in [2.24, 2.45) is 0 Å². The number of nitrogens with zero attached hydrogens (tertiary/aromatic N) is 1. The Labute approximate surface area is 237 Å². The number of anilines is 3. The fourth-order valence-corrected chi connectivity index (χ4v) is 7.35. The van der Waals surface area contributed by atoms with Crippen molar-refractivity contribution in [3.05, 3.63) is 152 Å². The summed E-state index contributed by atoms with van der Waals surface area (Å²) in [5, 5.41) is 7.68. The van der Waals surface area contributed by atoms with Crippen LogP contribution in [0.15, 0.2) is 152 Å². The van der Waals surface area contributed by atoms with Gasteiger partial charge in [-0.3, -0.25) is 0 Å². The van der Waals surface area contributed by atoms with Crippen LogP contribution in [0.2, 0.25) is 0 Å². The highest BCUT2D eigenvalue weighted by molar-refractivity contribution is 7.27. The number of benzene rings is 7. The van der Waals surface area contributed by atoms with Crippen molar-refractivity contribution in [1.29, 1.82) is 0 Å². The maximum atomic E-state index is 2.43. The fourth-order valence-electron chi connectivity index (χ4n) is 6.03. The predicted molar refractivity (Wildman–Crippen MR) is 174 cm³/mol. The molecule has 0 bridgehead atoms. The van der Waals surface area contributed by atoms with Gasteiger partial charge in [0.05, 0.1) is 16.1 Å². The van der Waals surface area contributed by atoms with E-state index < -0.39 is 0 Å². The van der Waals surface area contributed by atoms with Gasteiger partial charge in [-0.1, -0.05) is 121 Å². The fraction of sp³-hybridized carbons (Fsp3) is 0. The molecule has 8 rings (SSSR count). The second kappa shape index (κ2) is 9.37. The third-order valence-corrected chi connectivity index (χ3v) is 9.11. The van der Waals surface area contributed by atoms with Crippen LogP contribution in [0.4, 0.5) is 17.1 Å². The van der Waals surface area contributed by atoms with E-state index in [9.17, 15) is 0 Å². The van der Waals surface area contributed by atoms with Crippen LogP contribution >= 0.6 is 11.3 Å². The van der Waals surface area contributed by atoms with Gasteiger partial charge >= 0.3 is 0 Å². The molecule has 0 aliphatic rings. The third-order valence-electron chi connectivity index (χ3n) is 7.83. The quantitative estimate of drug-likeness (QED) is 0.220. The minimum Gasteiger partial charge on any atom is -0.308 e. The molecule has 1 aromatic heterocycles. The first-order valence-corrected chi connectivity index (χ1v) is 14.4. The summed E-state index contributed by atoms with van der Waals surface area (Å²) >= 11 is 1.90. The molecule has 0 spiro atoms. The minimum absolute atomic E-state index is 1.15. The monoisotopic (exact) mass is 527 g/mol. The number of hydrogen-bond donors (Lipinski definition) is 0. The zero-order valence-electron chi connectivity index (χ0n) is 21.8. The van der Waals surface area contributed by atoms with Crippen LogP contribution in [0.1, 0.15) is 0 Å². The van der Waals surface area contributed by atoms with E-state index in [0.29, 0.717) is 0 Å². The molecule has 0 saturated carbocycles. The first-order chi connectivity index (χ1) is 19.9. The molecule has 0 aliphatic carbocycles. The average Bonchev–Trinajstić information content (AvgIpc) is 3.42. The first kappa shape index (κ1) is 23.0. The number of rotatable bonds is 4. The Hall–Kier alpha value is -4.92. The summed E-state index contributed by atoms with van der Waals surface area (Å²) in [4.78, 5) is 2.43. The Morgan fingerprint density at radius 3 is 1.80 bits per heavy atom. The van der Waals surface area contributed by atoms with Crippen LogP contribution in [0.3, 0.4) is 0 Å². The minimum atomic E-state index is 1.15. The van der Waals surface area contributed by atoms with Crippen molar-refractivity contribution in [1.82, 2.24) is 0 Å². The highest BCUT2D eigenvalue weighted by atomic mass is 32.1. The van der Waals surface area contributed by atoms with Gasteiger partial charge in [0.15, 0.2) is 0 Å². The first-order valence-electron chi connectivity index (χ1n) is 13.6. The highest BCUT2D eigenvalue weighted by Crippen LogP contribution is 2.48. The molecule has 188 valence electrons. The maximum absolute atomic E-state index is 2.43. The molecule has 0 N–H and O–H groups in total. The predicted octanol–water partition coefficient (Wildman–Crippen LogP) is 11.5. The second-order valence-electron chi connectivity index (χ2n) is 10.1. The van der Waals surface area contributed by atoms with Crippen LogP contribution in [-0.2, 0) is 0 Å². The lowest BCUT2D eigenvalue weighted by atomic mass is 9.95. The molecule has 0 radical (unpaired) electrons. The van der Waals surface area contributed by atoms with Crippen LogP contribution in [-0.4, -0.2) is 0 Å². The van der Waals surface area contributed by atoms with Crippen molar-refractivity contribution < 1.29 is 0 Å². The molecule has 7 aromatic carbocycles. The number of hydrogen-bond acceptors (Lipinski definition) is 2. The van der Waals surface area contributed by atoms with Gasteiger partial charge in [-0.15, -0.1) is 11.3 Å². The molecule has 2 heteroatoms. The van der Waals surface area contributed by atoms with Gasteiger partial charge in [0.25, 0.3) is 0 Å². The molecular formula is C38H25NS. The Morgan fingerprint density at radius 1 is 0.400 bits per heavy atom. The average molecular weight is 528 g/mol. The number of thiophene rings is 1. The summed E-state index contributed by atoms with van der Waals surface area (Å²) < 4.78 is 2.63. The second-order valence-corrected chi connectivity index (χ2v) is 11.2. The molecule has 0 aliphatic heterocycles. The molecule has 8 aromatic rings. The molecule has 40 heavy (non-hydrogen) atoms. The van der Waals surface area contributed by atoms with E-state index in [0.717, 1.165) is 5.69 Å². The Kier molecular flexibility index (Phi) is 5.39. The molecule has 1 nitrogen and oxygen atoms in total. The molecule has 0 saturated heterocycles. The topological polar surface area (TPSA) is 3.24 Å². The van der Waals surface area contributed by atoms with E-state index in [2.05, 4.69) is 157 Å². The van der Waals surface area contributed by atoms with Crippen LogP contribution in [0.5, 0.6) is 0 Å². The number of fused-ring (bicyclic) bond motifs is 6. The van der Waals surface area contributed by atoms with Gasteiger partial charge in [-0.05, 0) is 52.2 Å². The zero-order valence-corrected chi connectivity index (χ0v) is 22.6. The summed E-state index contributed by atoms with van der Waals surface area (Å²) in [7, 11) is 0. The standard InChI is InChI=1S/C38H25NS/c1-3-13-27(14-4-1)33-25-34-32-22-12-24-36(38(32)40-37(34)31-21-10-9-20-30(31)33)39(28-17-5-2-6-18-28)35-23-11-16-26-15-7-8-19-29(26)35/h1-25H. The summed E-state index contributed by atoms with van der Waals surface area (Å²) in [6.07, 6.45) is 0. The smallest absolute Gasteiger partial charge is 0.0640 e. The molecule has 0 amide bonds. The van der Waals surface area contributed by atoms with E-state index >= 15 is 0 Å². The van der Waals surface area contributed by atoms with Gasteiger partial charge in [-0.2, -0.15) is 0 Å². The zero-order chi connectivity index (χ0) is 26.5. The van der Waals surface area contributed by atoms with Gasteiger partial charge in [0.2, 0.25) is 0 Å². The summed E-state index contributed by atoms with van der Waals surface area (Å²) in [6.45, 7) is 0. The Morgan fingerprint density at radius 2 is 0.975 bits per heavy atom. The lowest BCUT2D eigenvalue weighted by molar-refractivity contribution is 1.32. The Balaban J connectivity index is 1.46. The van der Waals surface area contributed by atoms with E-state index in [1.807, 2.05) is 11.3 Å². The third kappa shape index (κ3) is 3.61. The summed E-state index contributed by atoms with van der Waals surface area (Å²) in [6, 6.07) is 54.8. The summed E-state index contributed by atoms with van der Waals surface area (Å²) in [5.74, 6) is 0. The van der Waals surface area contributed by atoms with Gasteiger partial charge < -0.3 is 4.90 Å². The molecule has 0 fully saturated rings. The van der Waals surface area contributed by atoms with Crippen molar-refractivity contribution in [3.8, 4) is 11.1 Å². The van der Waals surface area contributed by atoms with E-state index in [-0.39, 0.29) is 0 Å². The number of para-hydroxylation sites is 1. The lowest BCUT2D eigenvalue weighted by Gasteiger charge is -2.27. The maximum Gasteiger partial charge on any atom is 0.0640 e. The van der Waals surface area contributed by atoms with Gasteiger partial charge in [0, 0.05) is 31.9 Å². The van der Waals surface area contributed by atoms with Crippen molar-refractivity contribution in [2.45, 2.75) is 0 Å². The molecule has 0 unspecified atom stereocenters. The van der Waals surface area contributed by atoms with Gasteiger partial charge in [-0.25, -0.2) is 0 Å². The van der Waals surface area contributed by atoms with Crippen molar-refractivity contribution >= 4 is 70.1 Å². The van der Waals surface area contributed by atoms with Crippen LogP contribution < -0.4 is 4.90 Å². The van der Waals surface area contributed by atoms with Crippen molar-refractivity contribution in [2.75, 3.05) is 4.90 Å². The molecule has 1 heterocycles. The largest absolute Gasteiger partial charge is 0.308 e. The molecular weight excluding hydrogens is 502 g/mol. The van der Waals surface area contributed by atoms with E-state index in [1.54, 1.807) is 0 Å². The summed E-state index contributed by atoms with van der Waals surface area (Å²) in [5.41, 5.74) is 6.06. The van der Waals surface area contributed by atoms with Crippen molar-refractivity contribution in [3.63, 3.8) is 0 Å². The Bertz CT molecular complexity index is 2150. The van der Waals surface area contributed by atoms with E-state index in [4.69, 9.17) is 0 Å².